The van der Waals surface area contributed by atoms with Crippen molar-refractivity contribution in [3.05, 3.63) is 54.2 Å². The topological polar surface area (TPSA) is 40.8 Å². The van der Waals surface area contributed by atoms with Crippen LogP contribution in [0, 0.1) is 12.3 Å². The van der Waals surface area contributed by atoms with Crippen molar-refractivity contribution in [2.45, 2.75) is 45.1 Å². The molecule has 0 N–H and O–H groups in total. The lowest BCUT2D eigenvalue weighted by Crippen LogP contribution is -2.41. The molecule has 0 saturated heterocycles. The van der Waals surface area contributed by atoms with Crippen molar-refractivity contribution < 1.29 is 23.5 Å². The number of hydrogen-bond acceptors (Lipinski definition) is 4. The second-order valence-corrected chi connectivity index (χ2v) is 8.66. The molecule has 1 aliphatic heterocycles. The monoisotopic (exact) mass is 472 g/mol. The molecule has 0 amide bonds. The number of hydrogen-bond donors (Lipinski definition) is 0. The first-order chi connectivity index (χ1) is 17.2. The molecule has 0 radical (unpaired) electrons. The van der Waals surface area contributed by atoms with E-state index in [1.807, 2.05) is 12.1 Å². The number of allylic oxidation sites excluding steroid dienone is 1. The van der Waals surface area contributed by atoms with Crippen LogP contribution in [0.2, 0.25) is 0 Å². The number of terminal acetylenes is 1. The van der Waals surface area contributed by atoms with Gasteiger partial charge in [-0.2, -0.15) is 4.57 Å². The van der Waals surface area contributed by atoms with E-state index in [1.54, 1.807) is 21.3 Å². The minimum absolute atomic E-state index is 0.573. The molecule has 0 fully saturated rings. The van der Waals surface area contributed by atoms with Gasteiger partial charge in [-0.05, 0) is 55.5 Å². The molecule has 0 saturated carbocycles. The number of methoxy groups -OCH3 is 3. The molecule has 3 aromatic rings. The average Bonchev–Trinajstić information content (AvgIpc) is 2.89. The Morgan fingerprint density at radius 2 is 1.86 bits per heavy atom. The summed E-state index contributed by atoms with van der Waals surface area (Å²) >= 11 is 0. The molecule has 0 atom stereocenters. The van der Waals surface area contributed by atoms with Gasteiger partial charge in [0.05, 0.1) is 38.9 Å². The van der Waals surface area contributed by atoms with Gasteiger partial charge in [-0.3, -0.25) is 0 Å². The lowest BCUT2D eigenvalue weighted by Gasteiger charge is -2.22. The number of fused-ring (bicyclic) bond motifs is 4. The van der Waals surface area contributed by atoms with E-state index >= 15 is 0 Å². The van der Waals surface area contributed by atoms with Gasteiger partial charge in [0.1, 0.15) is 0 Å². The zero-order valence-electron chi connectivity index (χ0n) is 21.0. The lowest BCUT2D eigenvalue weighted by molar-refractivity contribution is -0.686. The third-order valence-corrected chi connectivity index (χ3v) is 6.59. The highest BCUT2D eigenvalue weighted by molar-refractivity contribution is 5.95. The number of ether oxygens (including phenoxy) is 4. The average molecular weight is 473 g/mol. The molecular formula is C30H34NO4+. The molecule has 182 valence electrons. The second-order valence-electron chi connectivity index (χ2n) is 8.66. The Kier molecular flexibility index (Phi) is 7.82. The van der Waals surface area contributed by atoms with Crippen LogP contribution in [0.25, 0.3) is 22.0 Å². The molecule has 0 unspecified atom stereocenters. The van der Waals surface area contributed by atoms with Crippen molar-refractivity contribution in [2.24, 2.45) is 0 Å². The first-order valence-corrected chi connectivity index (χ1v) is 12.1. The standard InChI is InChI=1S/C30H34NO4/c1-6-8-10-12-23-22-13-14-26(32-3)30(34-5)25(22)20-31-16-15-21-18-28(35-17-11-9-7-2)27(33-4)19-24(21)29(23)31/h2,6,13-14,18-20H,1,8-12,15-17H2,3-5H3/q+1. The summed E-state index contributed by atoms with van der Waals surface area (Å²) in [6.07, 6.45) is 14.9. The normalized spacial score (nSPS) is 11.8. The summed E-state index contributed by atoms with van der Waals surface area (Å²) in [7, 11) is 5.06. The van der Waals surface area contributed by atoms with Crippen molar-refractivity contribution in [2.75, 3.05) is 27.9 Å². The van der Waals surface area contributed by atoms with Crippen LogP contribution in [0.15, 0.2) is 43.1 Å². The Labute approximate surface area is 208 Å². The van der Waals surface area contributed by atoms with Crippen molar-refractivity contribution >= 4 is 10.8 Å². The molecule has 35 heavy (non-hydrogen) atoms. The highest BCUT2D eigenvalue weighted by atomic mass is 16.5. The summed E-state index contributed by atoms with van der Waals surface area (Å²) in [6, 6.07) is 8.40. The Morgan fingerprint density at radius 3 is 2.57 bits per heavy atom. The summed E-state index contributed by atoms with van der Waals surface area (Å²) in [6.45, 7) is 5.36. The molecule has 0 bridgehead atoms. The van der Waals surface area contributed by atoms with Gasteiger partial charge in [0.2, 0.25) is 5.69 Å². The van der Waals surface area contributed by atoms with Gasteiger partial charge >= 0.3 is 0 Å². The Bertz CT molecular complexity index is 1270. The van der Waals surface area contributed by atoms with Gasteiger partial charge < -0.3 is 18.9 Å². The second kappa shape index (κ2) is 11.2. The minimum Gasteiger partial charge on any atom is -0.493 e. The smallest absolute Gasteiger partial charge is 0.216 e. The minimum atomic E-state index is 0.573. The molecule has 4 rings (SSSR count). The summed E-state index contributed by atoms with van der Waals surface area (Å²) in [5.41, 5.74) is 4.99. The predicted octanol–water partition coefficient (Wildman–Crippen LogP) is 5.68. The number of unbranched alkanes of at least 4 members (excludes halogenated alkanes) is 2. The Morgan fingerprint density at radius 1 is 1.03 bits per heavy atom. The fraction of sp³-hybridized carbons (Fsp3) is 0.367. The fourth-order valence-electron chi connectivity index (χ4n) is 4.93. The van der Waals surface area contributed by atoms with E-state index in [0.29, 0.717) is 13.0 Å². The molecular weight excluding hydrogens is 438 g/mol. The van der Waals surface area contributed by atoms with Gasteiger partial charge in [0, 0.05) is 23.8 Å². The SMILES string of the molecule is C#CCCCOc1cc2c(cc1OC)-c1c(CCCC=C)c3ccc(OC)c(OC)c3c[n+]1CC2. The maximum atomic E-state index is 6.05. The maximum Gasteiger partial charge on any atom is 0.216 e. The summed E-state index contributed by atoms with van der Waals surface area (Å²) in [4.78, 5) is 0. The highest BCUT2D eigenvalue weighted by Gasteiger charge is 2.31. The molecule has 1 aliphatic rings. The number of benzene rings is 2. The van der Waals surface area contributed by atoms with Gasteiger partial charge in [-0.15, -0.1) is 18.9 Å². The fourth-order valence-corrected chi connectivity index (χ4v) is 4.93. The van der Waals surface area contributed by atoms with Gasteiger partial charge in [0.25, 0.3) is 0 Å². The number of pyridine rings is 1. The number of aryl methyl sites for hydroxylation is 3. The van der Waals surface area contributed by atoms with E-state index in [2.05, 4.69) is 41.5 Å². The van der Waals surface area contributed by atoms with Gasteiger partial charge in [-0.25, -0.2) is 0 Å². The van der Waals surface area contributed by atoms with E-state index in [4.69, 9.17) is 25.4 Å². The molecule has 2 aromatic carbocycles. The van der Waals surface area contributed by atoms with E-state index in [0.717, 1.165) is 67.0 Å². The molecule has 0 spiro atoms. The van der Waals surface area contributed by atoms with E-state index < -0.39 is 0 Å². The summed E-state index contributed by atoms with van der Waals surface area (Å²) in [5.74, 6) is 5.68. The van der Waals surface area contributed by atoms with Crippen molar-refractivity contribution in [1.29, 1.82) is 0 Å². The number of nitrogens with zero attached hydrogens (tertiary/aromatic N) is 1. The van der Waals surface area contributed by atoms with E-state index in [1.165, 1.54) is 27.8 Å². The zero-order valence-corrected chi connectivity index (χ0v) is 21.0. The number of aromatic nitrogens is 1. The molecule has 2 heterocycles. The van der Waals surface area contributed by atoms with Gasteiger partial charge in [0.15, 0.2) is 35.7 Å². The van der Waals surface area contributed by atoms with E-state index in [9.17, 15) is 0 Å². The van der Waals surface area contributed by atoms with Crippen molar-refractivity contribution in [3.8, 4) is 46.6 Å². The third kappa shape index (κ3) is 4.79. The van der Waals surface area contributed by atoms with Crippen LogP contribution in [0.4, 0.5) is 0 Å². The zero-order chi connectivity index (χ0) is 24.8. The van der Waals surface area contributed by atoms with Crippen LogP contribution in [0.1, 0.15) is 36.8 Å². The highest BCUT2D eigenvalue weighted by Crippen LogP contribution is 2.42. The first-order valence-electron chi connectivity index (χ1n) is 12.1. The third-order valence-electron chi connectivity index (χ3n) is 6.59. The van der Waals surface area contributed by atoms with Crippen molar-refractivity contribution in [3.63, 3.8) is 0 Å². The van der Waals surface area contributed by atoms with Crippen LogP contribution < -0.4 is 23.5 Å². The molecule has 1 aromatic heterocycles. The molecule has 0 aliphatic carbocycles. The van der Waals surface area contributed by atoms with Gasteiger partial charge in [-0.1, -0.05) is 6.08 Å². The summed E-state index contributed by atoms with van der Waals surface area (Å²) < 4.78 is 25.5. The van der Waals surface area contributed by atoms with E-state index in [-0.39, 0.29) is 0 Å². The Balaban J connectivity index is 1.89. The first kappa shape index (κ1) is 24.5. The summed E-state index contributed by atoms with van der Waals surface area (Å²) in [5, 5.41) is 2.24. The largest absolute Gasteiger partial charge is 0.493 e. The van der Waals surface area contributed by atoms with Crippen LogP contribution in [-0.2, 0) is 19.4 Å². The Hall–Kier alpha value is -3.65. The number of rotatable bonds is 11. The quantitative estimate of drug-likeness (QED) is 0.156. The lowest BCUT2D eigenvalue weighted by atomic mass is 9.89. The molecule has 5 heteroatoms. The van der Waals surface area contributed by atoms with Crippen LogP contribution >= 0.6 is 0 Å². The molecule has 5 nitrogen and oxygen atoms in total. The predicted molar refractivity (Wildman–Crippen MR) is 140 cm³/mol. The van der Waals surface area contributed by atoms with Crippen LogP contribution in [0.5, 0.6) is 23.0 Å². The van der Waals surface area contributed by atoms with Crippen LogP contribution in [0.3, 0.4) is 0 Å². The van der Waals surface area contributed by atoms with Crippen molar-refractivity contribution in [1.82, 2.24) is 0 Å². The maximum absolute atomic E-state index is 6.05. The van der Waals surface area contributed by atoms with Crippen LogP contribution in [-0.4, -0.2) is 27.9 Å².